The molecule has 1 aliphatic rings. The number of nitrogens with one attached hydrogen (secondary N) is 1. The Morgan fingerprint density at radius 1 is 1.17 bits per heavy atom. The SMILES string of the molecule is CCOC(=O)N1CCN(C(=NC)NCCC(=O)N(C)C)CC1.I. The average Bonchev–Trinajstić information content (AvgIpc) is 2.51. The molecule has 0 aromatic carbocycles. The van der Waals surface area contributed by atoms with Crippen molar-refractivity contribution >= 4 is 41.9 Å². The number of amides is 2. The maximum Gasteiger partial charge on any atom is 0.409 e. The minimum Gasteiger partial charge on any atom is -0.450 e. The molecule has 23 heavy (non-hydrogen) atoms. The molecule has 2 amide bonds. The summed E-state index contributed by atoms with van der Waals surface area (Å²) in [6.07, 6.45) is 0.163. The predicted molar refractivity (Wildman–Crippen MR) is 100 cm³/mol. The second-order valence-corrected chi connectivity index (χ2v) is 5.19. The van der Waals surface area contributed by atoms with Crippen molar-refractivity contribution in [3.63, 3.8) is 0 Å². The molecule has 1 aliphatic heterocycles. The highest BCUT2D eigenvalue weighted by Crippen LogP contribution is 2.04. The van der Waals surface area contributed by atoms with Gasteiger partial charge < -0.3 is 24.8 Å². The Kier molecular flexibility index (Phi) is 10.7. The van der Waals surface area contributed by atoms with Gasteiger partial charge in [0.05, 0.1) is 6.61 Å². The van der Waals surface area contributed by atoms with E-state index < -0.39 is 0 Å². The van der Waals surface area contributed by atoms with Gasteiger partial charge >= 0.3 is 6.09 Å². The zero-order valence-corrected chi connectivity index (χ0v) is 16.7. The zero-order chi connectivity index (χ0) is 16.5. The summed E-state index contributed by atoms with van der Waals surface area (Å²) in [6, 6.07) is 0. The van der Waals surface area contributed by atoms with Gasteiger partial charge in [0, 0.05) is 60.3 Å². The number of carbonyl (C=O) groups is 2. The maximum absolute atomic E-state index is 11.7. The number of halogens is 1. The van der Waals surface area contributed by atoms with E-state index in [9.17, 15) is 9.59 Å². The van der Waals surface area contributed by atoms with E-state index in [-0.39, 0.29) is 36.0 Å². The fraction of sp³-hybridized carbons (Fsp3) is 0.786. The molecule has 9 heteroatoms. The van der Waals surface area contributed by atoms with Gasteiger partial charge in [0.1, 0.15) is 0 Å². The van der Waals surface area contributed by atoms with Gasteiger partial charge in [-0.1, -0.05) is 0 Å². The Labute approximate surface area is 155 Å². The lowest BCUT2D eigenvalue weighted by Crippen LogP contribution is -2.54. The first-order chi connectivity index (χ1) is 10.5. The molecule has 0 saturated carbocycles. The Bertz CT molecular complexity index is 409. The van der Waals surface area contributed by atoms with Crippen LogP contribution in [0.25, 0.3) is 0 Å². The number of hydrogen-bond acceptors (Lipinski definition) is 4. The Hall–Kier alpha value is -1.26. The molecular formula is C14H28IN5O3. The van der Waals surface area contributed by atoms with Gasteiger partial charge in [-0.25, -0.2) is 4.79 Å². The van der Waals surface area contributed by atoms with Crippen molar-refractivity contribution in [3.05, 3.63) is 0 Å². The van der Waals surface area contributed by atoms with Gasteiger partial charge in [-0.2, -0.15) is 0 Å². The summed E-state index contributed by atoms with van der Waals surface area (Å²) in [7, 11) is 5.20. The smallest absolute Gasteiger partial charge is 0.409 e. The van der Waals surface area contributed by atoms with Crippen molar-refractivity contribution in [2.24, 2.45) is 4.99 Å². The highest BCUT2D eigenvalue weighted by Gasteiger charge is 2.23. The molecule has 0 aromatic rings. The summed E-state index contributed by atoms with van der Waals surface area (Å²) in [5, 5.41) is 3.19. The van der Waals surface area contributed by atoms with Crippen LogP contribution in [-0.2, 0) is 9.53 Å². The van der Waals surface area contributed by atoms with Gasteiger partial charge in [-0.15, -0.1) is 24.0 Å². The van der Waals surface area contributed by atoms with Gasteiger partial charge in [-0.3, -0.25) is 9.79 Å². The molecule has 0 unspecified atom stereocenters. The molecule has 134 valence electrons. The first-order valence-electron chi connectivity index (χ1n) is 7.57. The van der Waals surface area contributed by atoms with E-state index in [1.807, 2.05) is 0 Å². The lowest BCUT2D eigenvalue weighted by Gasteiger charge is -2.35. The first-order valence-corrected chi connectivity index (χ1v) is 7.57. The highest BCUT2D eigenvalue weighted by atomic mass is 127. The molecule has 0 spiro atoms. The number of carbonyl (C=O) groups excluding carboxylic acids is 2. The zero-order valence-electron chi connectivity index (χ0n) is 14.4. The number of aliphatic imine (C=N–C) groups is 1. The second kappa shape index (κ2) is 11.3. The van der Waals surface area contributed by atoms with Crippen molar-refractivity contribution in [1.82, 2.24) is 20.0 Å². The largest absolute Gasteiger partial charge is 0.450 e. The van der Waals surface area contributed by atoms with E-state index in [1.165, 1.54) is 0 Å². The van der Waals surface area contributed by atoms with Crippen molar-refractivity contribution in [3.8, 4) is 0 Å². The molecular weight excluding hydrogens is 413 g/mol. The molecule has 1 N–H and O–H groups in total. The Balaban J connectivity index is 0.00000484. The number of piperazine rings is 1. The lowest BCUT2D eigenvalue weighted by atomic mass is 10.3. The van der Waals surface area contributed by atoms with Crippen LogP contribution in [0, 0.1) is 0 Å². The standard InChI is InChI=1S/C14H27N5O3.HI/c1-5-22-14(21)19-10-8-18(9-11-19)13(15-2)16-7-6-12(20)17(3)4;/h5-11H2,1-4H3,(H,15,16);1H. The lowest BCUT2D eigenvalue weighted by molar-refractivity contribution is -0.128. The van der Waals surface area contributed by atoms with Crippen LogP contribution in [0.1, 0.15) is 13.3 Å². The van der Waals surface area contributed by atoms with Crippen LogP contribution < -0.4 is 5.32 Å². The fourth-order valence-electron chi connectivity index (χ4n) is 2.15. The molecule has 0 aromatic heterocycles. The number of ether oxygens (including phenoxy) is 1. The quantitative estimate of drug-likeness (QED) is 0.389. The molecule has 1 saturated heterocycles. The van der Waals surface area contributed by atoms with Crippen LogP contribution in [0.15, 0.2) is 4.99 Å². The number of guanidine groups is 1. The van der Waals surface area contributed by atoms with Crippen molar-refractivity contribution in [1.29, 1.82) is 0 Å². The van der Waals surface area contributed by atoms with E-state index in [0.29, 0.717) is 45.8 Å². The van der Waals surface area contributed by atoms with Crippen LogP contribution in [0.3, 0.4) is 0 Å². The van der Waals surface area contributed by atoms with E-state index in [0.717, 1.165) is 5.96 Å². The van der Waals surface area contributed by atoms with Crippen LogP contribution in [0.5, 0.6) is 0 Å². The minimum atomic E-state index is -0.262. The van der Waals surface area contributed by atoms with E-state index in [1.54, 1.807) is 37.9 Å². The summed E-state index contributed by atoms with van der Waals surface area (Å²) in [6.45, 7) is 5.34. The highest BCUT2D eigenvalue weighted by molar-refractivity contribution is 14.0. The summed E-state index contributed by atoms with van der Waals surface area (Å²) in [5.74, 6) is 0.838. The molecule has 1 fully saturated rings. The Morgan fingerprint density at radius 3 is 2.22 bits per heavy atom. The Morgan fingerprint density at radius 2 is 1.74 bits per heavy atom. The van der Waals surface area contributed by atoms with E-state index in [2.05, 4.69) is 15.2 Å². The number of nitrogens with zero attached hydrogens (tertiary/aromatic N) is 4. The van der Waals surface area contributed by atoms with Crippen LogP contribution in [-0.4, -0.2) is 93.1 Å². The molecule has 1 heterocycles. The molecule has 8 nitrogen and oxygen atoms in total. The summed E-state index contributed by atoms with van der Waals surface area (Å²) in [5.41, 5.74) is 0. The summed E-state index contributed by atoms with van der Waals surface area (Å²) >= 11 is 0. The average molecular weight is 441 g/mol. The topological polar surface area (TPSA) is 77.5 Å². The van der Waals surface area contributed by atoms with Gasteiger partial charge in [-0.05, 0) is 6.92 Å². The normalized spacial score (nSPS) is 14.9. The third-order valence-electron chi connectivity index (χ3n) is 3.44. The molecule has 0 radical (unpaired) electrons. The van der Waals surface area contributed by atoms with E-state index >= 15 is 0 Å². The van der Waals surface area contributed by atoms with Crippen molar-refractivity contribution in [2.75, 3.05) is 60.5 Å². The van der Waals surface area contributed by atoms with Crippen LogP contribution >= 0.6 is 24.0 Å². The van der Waals surface area contributed by atoms with Crippen LogP contribution in [0.2, 0.25) is 0 Å². The summed E-state index contributed by atoms with van der Waals surface area (Å²) < 4.78 is 5.00. The second-order valence-electron chi connectivity index (χ2n) is 5.19. The van der Waals surface area contributed by atoms with Gasteiger partial charge in [0.25, 0.3) is 0 Å². The van der Waals surface area contributed by atoms with Gasteiger partial charge in [0.15, 0.2) is 5.96 Å². The van der Waals surface area contributed by atoms with Gasteiger partial charge in [0.2, 0.25) is 5.91 Å². The fourth-order valence-corrected chi connectivity index (χ4v) is 2.15. The molecule has 0 aliphatic carbocycles. The maximum atomic E-state index is 11.7. The third-order valence-corrected chi connectivity index (χ3v) is 3.44. The summed E-state index contributed by atoms with van der Waals surface area (Å²) in [4.78, 5) is 32.8. The van der Waals surface area contributed by atoms with Crippen molar-refractivity contribution in [2.45, 2.75) is 13.3 Å². The molecule has 0 atom stereocenters. The van der Waals surface area contributed by atoms with E-state index in [4.69, 9.17) is 4.74 Å². The number of rotatable bonds is 4. The minimum absolute atomic E-state index is 0. The molecule has 0 bridgehead atoms. The van der Waals surface area contributed by atoms with Crippen LogP contribution in [0.4, 0.5) is 4.79 Å². The van der Waals surface area contributed by atoms with Crippen molar-refractivity contribution < 1.29 is 14.3 Å². The number of hydrogen-bond donors (Lipinski definition) is 1. The third kappa shape index (κ3) is 7.23. The first kappa shape index (κ1) is 21.7. The predicted octanol–water partition coefficient (Wildman–Crippen LogP) is 0.432. The monoisotopic (exact) mass is 441 g/mol. The molecule has 1 rings (SSSR count).